The third-order valence-corrected chi connectivity index (χ3v) is 2.58. The first kappa shape index (κ1) is 13.0. The molecule has 1 unspecified atom stereocenters. The molecule has 1 saturated heterocycles. The van der Waals surface area contributed by atoms with E-state index in [1.165, 1.54) is 4.90 Å². The summed E-state index contributed by atoms with van der Waals surface area (Å²) in [6.45, 7) is 5.25. The van der Waals surface area contributed by atoms with E-state index in [0.29, 0.717) is 25.4 Å². The van der Waals surface area contributed by atoms with Crippen LogP contribution in [0.15, 0.2) is 0 Å². The number of rotatable bonds is 5. The number of likely N-dealkylation sites (N-methyl/N-ethyl adjacent to an activating group) is 1. The second-order valence-electron chi connectivity index (χ2n) is 4.92. The van der Waals surface area contributed by atoms with Crippen LogP contribution in [0.25, 0.3) is 0 Å². The van der Waals surface area contributed by atoms with E-state index < -0.39 is 0 Å². The van der Waals surface area contributed by atoms with Crippen LogP contribution in [0.2, 0.25) is 0 Å². The second-order valence-corrected chi connectivity index (χ2v) is 4.92. The molecule has 92 valence electrons. The zero-order chi connectivity index (χ0) is 12.3. The molecule has 1 N–H and O–H groups in total. The van der Waals surface area contributed by atoms with Crippen molar-refractivity contribution in [3.63, 3.8) is 0 Å². The maximum Gasteiger partial charge on any atom is 0.324 e. The van der Waals surface area contributed by atoms with Crippen molar-refractivity contribution in [2.45, 2.75) is 26.3 Å². The first-order valence-electron chi connectivity index (χ1n) is 5.68. The van der Waals surface area contributed by atoms with Gasteiger partial charge in [0.2, 0.25) is 0 Å². The average Bonchev–Trinajstić information content (AvgIpc) is 2.39. The predicted octanol–water partition coefficient (Wildman–Crippen LogP) is 0.515. The lowest BCUT2D eigenvalue weighted by Crippen LogP contribution is -2.37. The Morgan fingerprint density at radius 2 is 2.00 bits per heavy atom. The Labute approximate surface area is 96.8 Å². The molecule has 1 aliphatic rings. The molecule has 3 amide bonds. The molecule has 0 spiro atoms. The molecule has 0 saturated carbocycles. The lowest BCUT2D eigenvalue weighted by atomic mass is 10.0. The van der Waals surface area contributed by atoms with Crippen LogP contribution in [0, 0.1) is 5.92 Å². The second kappa shape index (κ2) is 5.30. The van der Waals surface area contributed by atoms with Crippen LogP contribution >= 0.6 is 0 Å². The molecule has 0 aromatic rings. The van der Waals surface area contributed by atoms with Crippen molar-refractivity contribution in [2.75, 3.05) is 27.2 Å². The van der Waals surface area contributed by atoms with Gasteiger partial charge in [0.05, 0.1) is 0 Å². The van der Waals surface area contributed by atoms with Gasteiger partial charge in [-0.3, -0.25) is 9.69 Å². The highest BCUT2D eigenvalue weighted by Crippen LogP contribution is 2.13. The average molecular weight is 227 g/mol. The van der Waals surface area contributed by atoms with Crippen LogP contribution in [0.5, 0.6) is 0 Å². The number of carbonyl (C=O) groups excluding carboxylic acids is 2. The Bertz CT molecular complexity index is 276. The highest BCUT2D eigenvalue weighted by Gasteiger charge is 2.37. The van der Waals surface area contributed by atoms with Gasteiger partial charge >= 0.3 is 6.03 Å². The van der Waals surface area contributed by atoms with Crippen molar-refractivity contribution < 1.29 is 9.59 Å². The van der Waals surface area contributed by atoms with E-state index >= 15 is 0 Å². The zero-order valence-corrected chi connectivity index (χ0v) is 10.5. The summed E-state index contributed by atoms with van der Waals surface area (Å²) in [4.78, 5) is 26.7. The highest BCUT2D eigenvalue weighted by atomic mass is 16.2. The maximum absolute atomic E-state index is 11.9. The van der Waals surface area contributed by atoms with Gasteiger partial charge in [-0.2, -0.15) is 0 Å². The SMILES string of the molecule is CC(C)CC1NC(=O)N(CCN(C)C)C1=O. The predicted molar refractivity (Wildman–Crippen MR) is 62.0 cm³/mol. The first-order valence-corrected chi connectivity index (χ1v) is 5.68. The highest BCUT2D eigenvalue weighted by molar-refractivity contribution is 6.04. The number of carbonyl (C=O) groups is 2. The molecule has 0 radical (unpaired) electrons. The largest absolute Gasteiger partial charge is 0.326 e. The van der Waals surface area contributed by atoms with E-state index in [1.54, 1.807) is 0 Å². The summed E-state index contributed by atoms with van der Waals surface area (Å²) in [5.74, 6) is 0.323. The van der Waals surface area contributed by atoms with Crippen LogP contribution in [-0.2, 0) is 4.79 Å². The van der Waals surface area contributed by atoms with Crippen molar-refractivity contribution in [1.29, 1.82) is 0 Å². The summed E-state index contributed by atoms with van der Waals surface area (Å²) in [5, 5.41) is 2.73. The van der Waals surface area contributed by atoms with Gasteiger partial charge in [-0.25, -0.2) is 4.79 Å². The zero-order valence-electron chi connectivity index (χ0n) is 10.5. The van der Waals surface area contributed by atoms with Gasteiger partial charge in [0.25, 0.3) is 5.91 Å². The third-order valence-electron chi connectivity index (χ3n) is 2.58. The van der Waals surface area contributed by atoms with Gasteiger partial charge in [0.1, 0.15) is 6.04 Å². The lowest BCUT2D eigenvalue weighted by molar-refractivity contribution is -0.127. The lowest BCUT2D eigenvalue weighted by Gasteiger charge is -2.16. The molecule has 1 fully saturated rings. The summed E-state index contributed by atoms with van der Waals surface area (Å²) < 4.78 is 0. The number of nitrogens with one attached hydrogen (secondary N) is 1. The molecule has 0 aromatic carbocycles. The molecule has 1 atom stereocenters. The Hall–Kier alpha value is -1.10. The van der Waals surface area contributed by atoms with Gasteiger partial charge in [-0.05, 0) is 26.4 Å². The summed E-state index contributed by atoms with van der Waals surface area (Å²) in [7, 11) is 3.84. The van der Waals surface area contributed by atoms with Crippen molar-refractivity contribution >= 4 is 11.9 Å². The van der Waals surface area contributed by atoms with E-state index in [1.807, 2.05) is 32.8 Å². The van der Waals surface area contributed by atoms with Crippen LogP contribution in [-0.4, -0.2) is 55.0 Å². The normalized spacial score (nSPS) is 21.1. The fourth-order valence-electron chi connectivity index (χ4n) is 1.72. The summed E-state index contributed by atoms with van der Waals surface area (Å²) >= 11 is 0. The topological polar surface area (TPSA) is 52.7 Å². The van der Waals surface area contributed by atoms with Crippen LogP contribution in [0.1, 0.15) is 20.3 Å². The quantitative estimate of drug-likeness (QED) is 0.696. The Morgan fingerprint density at radius 3 is 2.50 bits per heavy atom. The van der Waals surface area contributed by atoms with Gasteiger partial charge in [-0.1, -0.05) is 13.8 Å². The molecular weight excluding hydrogens is 206 g/mol. The van der Waals surface area contributed by atoms with Gasteiger partial charge in [0, 0.05) is 13.1 Å². The first-order chi connectivity index (χ1) is 7.41. The Kier molecular flexibility index (Phi) is 4.29. The van der Waals surface area contributed by atoms with Gasteiger partial charge < -0.3 is 10.2 Å². The van der Waals surface area contributed by atoms with E-state index in [9.17, 15) is 9.59 Å². The number of hydrogen-bond donors (Lipinski definition) is 1. The smallest absolute Gasteiger partial charge is 0.324 e. The van der Waals surface area contributed by atoms with Crippen LogP contribution < -0.4 is 5.32 Å². The number of hydrogen-bond acceptors (Lipinski definition) is 3. The molecule has 1 aliphatic heterocycles. The fraction of sp³-hybridized carbons (Fsp3) is 0.818. The molecule has 0 bridgehead atoms. The number of amides is 3. The number of urea groups is 1. The molecule has 1 rings (SSSR count). The third kappa shape index (κ3) is 3.20. The number of nitrogens with zero attached hydrogens (tertiary/aromatic N) is 2. The van der Waals surface area contributed by atoms with Crippen LogP contribution in [0.4, 0.5) is 4.79 Å². The molecule has 0 aromatic heterocycles. The van der Waals surface area contributed by atoms with E-state index in [2.05, 4.69) is 5.32 Å². The standard InChI is InChI=1S/C11H21N3O2/c1-8(2)7-9-10(15)14(11(16)12-9)6-5-13(3)4/h8-9H,5-7H2,1-4H3,(H,12,16). The van der Waals surface area contributed by atoms with Gasteiger partial charge in [0.15, 0.2) is 0 Å². The molecule has 5 nitrogen and oxygen atoms in total. The Morgan fingerprint density at radius 1 is 1.38 bits per heavy atom. The Balaban J connectivity index is 2.53. The van der Waals surface area contributed by atoms with Crippen LogP contribution in [0.3, 0.4) is 0 Å². The van der Waals surface area contributed by atoms with Crippen molar-refractivity contribution in [1.82, 2.24) is 15.1 Å². The van der Waals surface area contributed by atoms with Crippen molar-refractivity contribution in [2.24, 2.45) is 5.92 Å². The summed E-state index contributed by atoms with van der Waals surface area (Å²) in [6, 6.07) is -0.577. The van der Waals surface area contributed by atoms with E-state index in [0.717, 1.165) is 0 Å². The van der Waals surface area contributed by atoms with Crippen molar-refractivity contribution in [3.8, 4) is 0 Å². The molecular formula is C11H21N3O2. The fourth-order valence-corrected chi connectivity index (χ4v) is 1.72. The summed E-state index contributed by atoms with van der Waals surface area (Å²) in [5.41, 5.74) is 0. The molecule has 5 heteroatoms. The molecule has 16 heavy (non-hydrogen) atoms. The van der Waals surface area contributed by atoms with E-state index in [4.69, 9.17) is 0 Å². The minimum Gasteiger partial charge on any atom is -0.326 e. The summed E-state index contributed by atoms with van der Waals surface area (Å²) in [6.07, 6.45) is 0.711. The monoisotopic (exact) mass is 227 g/mol. The van der Waals surface area contributed by atoms with Crippen molar-refractivity contribution in [3.05, 3.63) is 0 Å². The maximum atomic E-state index is 11.9. The molecule has 1 heterocycles. The van der Waals surface area contributed by atoms with Gasteiger partial charge in [-0.15, -0.1) is 0 Å². The minimum absolute atomic E-state index is 0.0828. The minimum atomic E-state index is -0.324. The molecule has 0 aliphatic carbocycles. The number of imide groups is 1. The van der Waals surface area contributed by atoms with E-state index in [-0.39, 0.29) is 18.0 Å².